The molecule has 1 fully saturated rings. The van der Waals surface area contributed by atoms with Crippen LogP contribution < -0.4 is 14.8 Å². The molecule has 1 heterocycles. The minimum absolute atomic E-state index is 0.690. The number of anilines is 1. The summed E-state index contributed by atoms with van der Waals surface area (Å²) in [7, 11) is 3.30. The Morgan fingerprint density at radius 2 is 1.78 bits per heavy atom. The fraction of sp³-hybridized carbons (Fsp3) is 0.480. The van der Waals surface area contributed by atoms with E-state index >= 15 is 0 Å². The quantitative estimate of drug-likeness (QED) is 0.537. The molecule has 0 saturated carbocycles. The minimum atomic E-state index is 0.690. The van der Waals surface area contributed by atoms with Gasteiger partial charge in [0.2, 0.25) is 0 Å². The van der Waals surface area contributed by atoms with Gasteiger partial charge in [0.25, 0.3) is 0 Å². The summed E-state index contributed by atoms with van der Waals surface area (Å²) < 4.78 is 16.3. The van der Waals surface area contributed by atoms with E-state index in [1.807, 2.05) is 18.2 Å². The first-order valence-electron chi connectivity index (χ1n) is 11.3. The SMILES string of the molecule is CCc1ccc(CN(CCCN2CCOCC2)C(=S)Nc2ccc(OC)cc2OC)cc1. The van der Waals surface area contributed by atoms with Gasteiger partial charge in [0.15, 0.2) is 5.11 Å². The van der Waals surface area contributed by atoms with Crippen molar-refractivity contribution in [1.82, 2.24) is 9.80 Å². The Morgan fingerprint density at radius 3 is 2.44 bits per heavy atom. The monoisotopic (exact) mass is 457 g/mol. The largest absolute Gasteiger partial charge is 0.497 e. The van der Waals surface area contributed by atoms with E-state index in [1.165, 1.54) is 11.1 Å². The normalized spacial score (nSPS) is 14.1. The molecule has 0 aromatic heterocycles. The summed E-state index contributed by atoms with van der Waals surface area (Å²) >= 11 is 5.84. The molecule has 6 nitrogen and oxygen atoms in total. The second-order valence-electron chi connectivity index (χ2n) is 7.90. The summed E-state index contributed by atoms with van der Waals surface area (Å²) in [5.74, 6) is 1.45. The van der Waals surface area contributed by atoms with E-state index in [4.69, 9.17) is 26.4 Å². The third-order valence-electron chi connectivity index (χ3n) is 5.75. The smallest absolute Gasteiger partial charge is 0.173 e. The summed E-state index contributed by atoms with van der Waals surface area (Å²) in [5, 5.41) is 4.08. The number of methoxy groups -OCH3 is 2. The molecule has 3 rings (SSSR count). The van der Waals surface area contributed by atoms with Crippen molar-refractivity contribution in [1.29, 1.82) is 0 Å². The standard InChI is InChI=1S/C25H35N3O3S/c1-4-20-6-8-21(9-7-20)19-28(13-5-12-27-14-16-31-17-15-27)25(32)26-23-11-10-22(29-2)18-24(23)30-3/h6-11,18H,4-5,12-17,19H2,1-3H3,(H,26,32). The van der Waals surface area contributed by atoms with E-state index in [-0.39, 0.29) is 0 Å². The van der Waals surface area contributed by atoms with E-state index < -0.39 is 0 Å². The molecular weight excluding hydrogens is 422 g/mol. The van der Waals surface area contributed by atoms with Gasteiger partial charge < -0.3 is 24.4 Å². The average Bonchev–Trinajstić information content (AvgIpc) is 2.84. The van der Waals surface area contributed by atoms with Gasteiger partial charge in [-0.3, -0.25) is 4.90 Å². The summed E-state index contributed by atoms with van der Waals surface area (Å²) in [4.78, 5) is 4.70. The van der Waals surface area contributed by atoms with Gasteiger partial charge in [-0.05, 0) is 48.3 Å². The van der Waals surface area contributed by atoms with Crippen LogP contribution in [-0.4, -0.2) is 68.5 Å². The zero-order valence-electron chi connectivity index (χ0n) is 19.4. The maximum atomic E-state index is 5.84. The van der Waals surface area contributed by atoms with Gasteiger partial charge >= 0.3 is 0 Å². The number of morpholine rings is 1. The van der Waals surface area contributed by atoms with Crippen molar-refractivity contribution in [3.63, 3.8) is 0 Å². The molecule has 0 radical (unpaired) electrons. The third kappa shape index (κ3) is 7.08. The van der Waals surface area contributed by atoms with Crippen molar-refractivity contribution in [2.24, 2.45) is 0 Å². The molecular formula is C25H35N3O3S. The van der Waals surface area contributed by atoms with E-state index in [1.54, 1.807) is 14.2 Å². The lowest BCUT2D eigenvalue weighted by atomic mass is 10.1. The molecule has 1 aliphatic heterocycles. The highest BCUT2D eigenvalue weighted by molar-refractivity contribution is 7.80. The van der Waals surface area contributed by atoms with E-state index in [0.717, 1.165) is 70.2 Å². The Labute approximate surface area is 197 Å². The number of ether oxygens (including phenoxy) is 3. The topological polar surface area (TPSA) is 46.2 Å². The first-order chi connectivity index (χ1) is 15.6. The Kier molecular flexibility index (Phi) is 9.59. The lowest BCUT2D eigenvalue weighted by molar-refractivity contribution is 0.0368. The van der Waals surface area contributed by atoms with Crippen LogP contribution in [0.1, 0.15) is 24.5 Å². The molecule has 1 saturated heterocycles. The first kappa shape index (κ1) is 24.3. The molecule has 32 heavy (non-hydrogen) atoms. The molecule has 0 bridgehead atoms. The van der Waals surface area contributed by atoms with E-state index in [0.29, 0.717) is 10.9 Å². The molecule has 0 atom stereocenters. The van der Waals surface area contributed by atoms with Crippen molar-refractivity contribution in [2.45, 2.75) is 26.3 Å². The first-order valence-corrected chi connectivity index (χ1v) is 11.7. The van der Waals surface area contributed by atoms with E-state index in [2.05, 4.69) is 46.3 Å². The van der Waals surface area contributed by atoms with Crippen LogP contribution in [0.4, 0.5) is 5.69 Å². The van der Waals surface area contributed by atoms with Crippen LogP contribution >= 0.6 is 12.2 Å². The molecule has 0 amide bonds. The summed E-state index contributed by atoms with van der Waals surface area (Å²) in [6.07, 6.45) is 2.08. The highest BCUT2D eigenvalue weighted by Gasteiger charge is 2.15. The molecule has 0 aliphatic carbocycles. The predicted molar refractivity (Wildman–Crippen MR) is 134 cm³/mol. The van der Waals surface area contributed by atoms with Crippen molar-refractivity contribution in [2.75, 3.05) is 58.9 Å². The lowest BCUT2D eigenvalue weighted by Crippen LogP contribution is -2.40. The van der Waals surface area contributed by atoms with Gasteiger partial charge in [0, 0.05) is 38.8 Å². The number of thiocarbonyl (C=S) groups is 1. The fourth-order valence-electron chi connectivity index (χ4n) is 3.76. The summed E-state index contributed by atoms with van der Waals surface area (Å²) in [6, 6.07) is 14.5. The van der Waals surface area contributed by atoms with Crippen molar-refractivity contribution in [3.05, 3.63) is 53.6 Å². The van der Waals surface area contributed by atoms with Gasteiger partial charge in [-0.15, -0.1) is 0 Å². The highest BCUT2D eigenvalue weighted by atomic mass is 32.1. The number of hydrogen-bond donors (Lipinski definition) is 1. The van der Waals surface area contributed by atoms with Crippen LogP contribution in [0, 0.1) is 0 Å². The Bertz CT molecular complexity index is 854. The summed E-state index contributed by atoms with van der Waals surface area (Å²) in [5.41, 5.74) is 3.42. The molecule has 2 aromatic carbocycles. The van der Waals surface area contributed by atoms with Crippen LogP contribution in [0.2, 0.25) is 0 Å². The number of aryl methyl sites for hydroxylation is 1. The molecule has 7 heteroatoms. The number of nitrogens with one attached hydrogen (secondary N) is 1. The molecule has 1 aliphatic rings. The average molecular weight is 458 g/mol. The number of hydrogen-bond acceptors (Lipinski definition) is 5. The molecule has 0 unspecified atom stereocenters. The fourth-order valence-corrected chi connectivity index (χ4v) is 4.02. The maximum absolute atomic E-state index is 5.84. The Morgan fingerprint density at radius 1 is 1.06 bits per heavy atom. The van der Waals surface area contributed by atoms with Gasteiger partial charge in [-0.2, -0.15) is 0 Å². The maximum Gasteiger partial charge on any atom is 0.173 e. The number of rotatable bonds is 10. The van der Waals surface area contributed by atoms with Crippen LogP contribution in [0.3, 0.4) is 0 Å². The van der Waals surface area contributed by atoms with Crippen LogP contribution in [0.15, 0.2) is 42.5 Å². The van der Waals surface area contributed by atoms with Crippen molar-refractivity contribution < 1.29 is 14.2 Å². The van der Waals surface area contributed by atoms with Crippen molar-refractivity contribution >= 4 is 23.0 Å². The zero-order valence-corrected chi connectivity index (χ0v) is 20.2. The zero-order chi connectivity index (χ0) is 22.8. The molecule has 0 spiro atoms. The Hall–Kier alpha value is -2.35. The van der Waals surface area contributed by atoms with Gasteiger partial charge in [-0.1, -0.05) is 31.2 Å². The molecule has 174 valence electrons. The predicted octanol–water partition coefficient (Wildman–Crippen LogP) is 4.19. The highest BCUT2D eigenvalue weighted by Crippen LogP contribution is 2.29. The van der Waals surface area contributed by atoms with Gasteiger partial charge in [-0.25, -0.2) is 0 Å². The van der Waals surface area contributed by atoms with Crippen LogP contribution in [-0.2, 0) is 17.7 Å². The van der Waals surface area contributed by atoms with Crippen molar-refractivity contribution in [3.8, 4) is 11.5 Å². The van der Waals surface area contributed by atoms with E-state index in [9.17, 15) is 0 Å². The van der Waals surface area contributed by atoms with Crippen LogP contribution in [0.25, 0.3) is 0 Å². The molecule has 2 aromatic rings. The minimum Gasteiger partial charge on any atom is -0.497 e. The van der Waals surface area contributed by atoms with Crippen LogP contribution in [0.5, 0.6) is 11.5 Å². The van der Waals surface area contributed by atoms with Gasteiger partial charge in [0.1, 0.15) is 11.5 Å². The Balaban J connectivity index is 1.68. The molecule has 1 N–H and O–H groups in total. The van der Waals surface area contributed by atoms with Gasteiger partial charge in [0.05, 0.1) is 33.1 Å². The third-order valence-corrected chi connectivity index (χ3v) is 6.11. The second kappa shape index (κ2) is 12.6. The second-order valence-corrected chi connectivity index (χ2v) is 8.28. The lowest BCUT2D eigenvalue weighted by Gasteiger charge is -2.30. The number of nitrogens with zero attached hydrogens (tertiary/aromatic N) is 2. The summed E-state index contributed by atoms with van der Waals surface area (Å²) in [6.45, 7) is 8.51. The number of benzene rings is 2.